The maximum atomic E-state index is 12.6. The molecule has 3 aromatic carbocycles. The van der Waals surface area contributed by atoms with Crippen molar-refractivity contribution in [3.8, 4) is 0 Å². The van der Waals surface area contributed by atoms with E-state index in [0.717, 1.165) is 5.56 Å². The van der Waals surface area contributed by atoms with Gasteiger partial charge in [0.1, 0.15) is 0 Å². The number of para-hydroxylation sites is 1. The summed E-state index contributed by atoms with van der Waals surface area (Å²) >= 11 is 5.86. The summed E-state index contributed by atoms with van der Waals surface area (Å²) < 4.78 is 0. The number of carbonyl (C=O) groups excluding carboxylic acids is 2. The number of anilines is 2. The molecule has 0 saturated carbocycles. The van der Waals surface area contributed by atoms with E-state index in [0.29, 0.717) is 27.5 Å². The fourth-order valence-corrected chi connectivity index (χ4v) is 2.63. The molecule has 0 aromatic heterocycles. The van der Waals surface area contributed by atoms with Crippen LogP contribution >= 0.6 is 11.6 Å². The highest BCUT2D eigenvalue weighted by Crippen LogP contribution is 2.20. The fourth-order valence-electron chi connectivity index (χ4n) is 2.50. The van der Waals surface area contributed by atoms with Crippen molar-refractivity contribution in [2.24, 2.45) is 0 Å². The Morgan fingerprint density at radius 1 is 0.808 bits per heavy atom. The molecule has 4 nitrogen and oxygen atoms in total. The Morgan fingerprint density at radius 3 is 2.27 bits per heavy atom. The van der Waals surface area contributed by atoms with Crippen molar-refractivity contribution in [2.75, 3.05) is 10.6 Å². The van der Waals surface area contributed by atoms with E-state index in [-0.39, 0.29) is 11.8 Å². The zero-order chi connectivity index (χ0) is 18.5. The Labute approximate surface area is 156 Å². The molecule has 0 aliphatic heterocycles. The van der Waals surface area contributed by atoms with Crippen LogP contribution in [0.1, 0.15) is 26.3 Å². The first-order valence-electron chi connectivity index (χ1n) is 8.07. The summed E-state index contributed by atoms with van der Waals surface area (Å²) in [5.41, 5.74) is 2.98. The van der Waals surface area contributed by atoms with Crippen molar-refractivity contribution in [3.05, 3.63) is 94.5 Å². The first-order chi connectivity index (χ1) is 12.5. The average Bonchev–Trinajstić information content (AvgIpc) is 2.64. The Balaban J connectivity index is 1.80. The predicted molar refractivity (Wildman–Crippen MR) is 105 cm³/mol. The molecular weight excluding hydrogens is 348 g/mol. The van der Waals surface area contributed by atoms with Crippen molar-refractivity contribution >= 4 is 34.8 Å². The number of halogens is 1. The zero-order valence-corrected chi connectivity index (χ0v) is 14.9. The second-order valence-electron chi connectivity index (χ2n) is 5.83. The van der Waals surface area contributed by atoms with Crippen molar-refractivity contribution in [3.63, 3.8) is 0 Å². The zero-order valence-electron chi connectivity index (χ0n) is 14.1. The Morgan fingerprint density at radius 2 is 1.54 bits per heavy atom. The summed E-state index contributed by atoms with van der Waals surface area (Å²) in [5.74, 6) is -0.576. The number of benzene rings is 3. The van der Waals surface area contributed by atoms with E-state index in [2.05, 4.69) is 10.6 Å². The van der Waals surface area contributed by atoms with Gasteiger partial charge in [-0.05, 0) is 55.5 Å². The first kappa shape index (κ1) is 17.7. The van der Waals surface area contributed by atoms with Crippen molar-refractivity contribution in [1.82, 2.24) is 0 Å². The minimum Gasteiger partial charge on any atom is -0.322 e. The van der Waals surface area contributed by atoms with Crippen molar-refractivity contribution in [1.29, 1.82) is 0 Å². The second kappa shape index (κ2) is 7.85. The van der Waals surface area contributed by atoms with Crippen LogP contribution in [0.3, 0.4) is 0 Å². The van der Waals surface area contributed by atoms with Gasteiger partial charge in [-0.15, -0.1) is 0 Å². The number of carbonyl (C=O) groups is 2. The summed E-state index contributed by atoms with van der Waals surface area (Å²) in [7, 11) is 0. The van der Waals surface area contributed by atoms with E-state index in [4.69, 9.17) is 11.6 Å². The molecule has 0 atom stereocenters. The lowest BCUT2D eigenvalue weighted by Crippen LogP contribution is -2.18. The highest BCUT2D eigenvalue weighted by atomic mass is 35.5. The van der Waals surface area contributed by atoms with Gasteiger partial charge in [0.15, 0.2) is 0 Å². The quantitative estimate of drug-likeness (QED) is 0.672. The van der Waals surface area contributed by atoms with Gasteiger partial charge in [-0.2, -0.15) is 0 Å². The third-order valence-electron chi connectivity index (χ3n) is 3.80. The molecule has 0 bridgehead atoms. The normalized spacial score (nSPS) is 10.2. The molecule has 130 valence electrons. The molecule has 0 heterocycles. The molecule has 2 amide bonds. The molecule has 2 N–H and O–H groups in total. The Kier molecular flexibility index (Phi) is 5.34. The molecule has 0 aliphatic rings. The predicted octanol–water partition coefficient (Wildman–Crippen LogP) is 5.15. The highest BCUT2D eigenvalue weighted by Gasteiger charge is 2.14. The topological polar surface area (TPSA) is 58.2 Å². The third-order valence-corrected chi connectivity index (χ3v) is 4.05. The minimum atomic E-state index is -0.313. The number of hydrogen-bond donors (Lipinski definition) is 2. The number of hydrogen-bond acceptors (Lipinski definition) is 2. The first-order valence-corrected chi connectivity index (χ1v) is 8.45. The molecule has 0 spiro atoms. The monoisotopic (exact) mass is 364 g/mol. The van der Waals surface area contributed by atoms with E-state index in [1.807, 2.05) is 19.1 Å². The van der Waals surface area contributed by atoms with Crippen molar-refractivity contribution in [2.45, 2.75) is 6.92 Å². The van der Waals surface area contributed by atoms with E-state index in [1.54, 1.807) is 60.7 Å². The van der Waals surface area contributed by atoms with Gasteiger partial charge >= 0.3 is 0 Å². The molecular formula is C21H17ClN2O2. The maximum Gasteiger partial charge on any atom is 0.257 e. The molecule has 26 heavy (non-hydrogen) atoms. The molecule has 0 radical (unpaired) electrons. The molecule has 5 heteroatoms. The van der Waals surface area contributed by atoms with Gasteiger partial charge in [-0.25, -0.2) is 0 Å². The number of rotatable bonds is 4. The summed E-state index contributed by atoms with van der Waals surface area (Å²) in [6.07, 6.45) is 0. The van der Waals surface area contributed by atoms with Crippen LogP contribution in [0.2, 0.25) is 5.02 Å². The molecule has 0 saturated heterocycles. The van der Waals surface area contributed by atoms with Gasteiger partial charge in [0.2, 0.25) is 0 Å². The van der Waals surface area contributed by atoms with Gasteiger partial charge < -0.3 is 10.6 Å². The number of aryl methyl sites for hydroxylation is 1. The molecule has 3 rings (SSSR count). The van der Waals surface area contributed by atoms with Crippen LogP contribution in [-0.4, -0.2) is 11.8 Å². The van der Waals surface area contributed by atoms with E-state index < -0.39 is 0 Å². The van der Waals surface area contributed by atoms with Crippen LogP contribution in [0.4, 0.5) is 11.4 Å². The smallest absolute Gasteiger partial charge is 0.257 e. The summed E-state index contributed by atoms with van der Waals surface area (Å²) in [6, 6.07) is 21.0. The van der Waals surface area contributed by atoms with Crippen LogP contribution in [-0.2, 0) is 0 Å². The molecule has 0 fully saturated rings. The van der Waals surface area contributed by atoms with E-state index >= 15 is 0 Å². The maximum absolute atomic E-state index is 12.6. The SMILES string of the molecule is Cc1cccc(C(=O)Nc2ccccc2C(=O)Nc2ccc(Cl)cc2)c1. The average molecular weight is 365 g/mol. The van der Waals surface area contributed by atoms with Crippen molar-refractivity contribution < 1.29 is 9.59 Å². The van der Waals surface area contributed by atoms with Crippen LogP contribution < -0.4 is 10.6 Å². The second-order valence-corrected chi connectivity index (χ2v) is 6.27. The molecule has 0 unspecified atom stereocenters. The van der Waals surface area contributed by atoms with Crippen LogP contribution in [0.5, 0.6) is 0 Å². The van der Waals surface area contributed by atoms with Crippen LogP contribution in [0, 0.1) is 6.92 Å². The molecule has 3 aromatic rings. The Bertz CT molecular complexity index is 952. The minimum absolute atomic E-state index is 0.263. The van der Waals surface area contributed by atoms with Crippen LogP contribution in [0.15, 0.2) is 72.8 Å². The standard InChI is InChI=1S/C21H17ClN2O2/c1-14-5-4-6-15(13-14)20(25)24-19-8-3-2-7-18(19)21(26)23-17-11-9-16(22)10-12-17/h2-13H,1H3,(H,23,26)(H,24,25). The highest BCUT2D eigenvalue weighted by molar-refractivity contribution is 6.30. The summed E-state index contributed by atoms with van der Waals surface area (Å²) in [5, 5.41) is 6.20. The number of nitrogens with one attached hydrogen (secondary N) is 2. The summed E-state index contributed by atoms with van der Waals surface area (Å²) in [4.78, 5) is 25.1. The fraction of sp³-hybridized carbons (Fsp3) is 0.0476. The lowest BCUT2D eigenvalue weighted by atomic mass is 10.1. The lowest BCUT2D eigenvalue weighted by Gasteiger charge is -2.12. The lowest BCUT2D eigenvalue weighted by molar-refractivity contribution is 0.102. The number of amides is 2. The van der Waals surface area contributed by atoms with E-state index in [1.165, 1.54) is 0 Å². The Hall–Kier alpha value is -3.11. The molecule has 0 aliphatic carbocycles. The van der Waals surface area contributed by atoms with Gasteiger partial charge in [-0.1, -0.05) is 41.4 Å². The summed E-state index contributed by atoms with van der Waals surface area (Å²) in [6.45, 7) is 1.92. The third kappa shape index (κ3) is 4.29. The largest absolute Gasteiger partial charge is 0.322 e. The van der Waals surface area contributed by atoms with Gasteiger partial charge in [0, 0.05) is 16.3 Å². The van der Waals surface area contributed by atoms with Gasteiger partial charge in [0.25, 0.3) is 11.8 Å². The van der Waals surface area contributed by atoms with Crippen LogP contribution in [0.25, 0.3) is 0 Å². The van der Waals surface area contributed by atoms with E-state index in [9.17, 15) is 9.59 Å². The van der Waals surface area contributed by atoms with Gasteiger partial charge in [-0.3, -0.25) is 9.59 Å². The van der Waals surface area contributed by atoms with Gasteiger partial charge in [0.05, 0.1) is 11.3 Å².